The molecule has 5 nitrogen and oxygen atoms in total. The number of methoxy groups -OCH3 is 1. The number of fused-ring (bicyclic) bond motifs is 3. The lowest BCUT2D eigenvalue weighted by molar-refractivity contribution is 0.0691. The fourth-order valence-electron chi connectivity index (χ4n) is 3.24. The minimum Gasteiger partial charge on any atom is -0.504 e. The maximum Gasteiger partial charge on any atom is 0.354 e. The van der Waals surface area contributed by atoms with Gasteiger partial charge in [0.1, 0.15) is 5.69 Å². The predicted molar refractivity (Wildman–Crippen MR) is 108 cm³/mol. The first-order chi connectivity index (χ1) is 13.0. The monoisotopic (exact) mass is 423 g/mol. The number of pyridine rings is 1. The van der Waals surface area contributed by atoms with Crippen molar-refractivity contribution in [3.05, 3.63) is 64.8 Å². The highest BCUT2D eigenvalue weighted by Crippen LogP contribution is 2.42. The fourth-order valence-corrected chi connectivity index (χ4v) is 3.79. The molecule has 0 amide bonds. The summed E-state index contributed by atoms with van der Waals surface area (Å²) in [6.07, 6.45) is 0. The Bertz CT molecular complexity index is 1220. The summed E-state index contributed by atoms with van der Waals surface area (Å²) in [4.78, 5) is 15.9. The van der Waals surface area contributed by atoms with Crippen LogP contribution in [0.25, 0.3) is 32.8 Å². The van der Waals surface area contributed by atoms with Gasteiger partial charge in [-0.1, -0.05) is 46.3 Å². The smallest absolute Gasteiger partial charge is 0.354 e. The van der Waals surface area contributed by atoms with E-state index >= 15 is 0 Å². The van der Waals surface area contributed by atoms with Crippen molar-refractivity contribution in [3.63, 3.8) is 0 Å². The van der Waals surface area contributed by atoms with Crippen LogP contribution in [0.1, 0.15) is 10.5 Å². The van der Waals surface area contributed by atoms with Gasteiger partial charge in [0.15, 0.2) is 11.5 Å². The van der Waals surface area contributed by atoms with Gasteiger partial charge in [0, 0.05) is 15.4 Å². The molecule has 2 N–H and O–H groups in total. The summed E-state index contributed by atoms with van der Waals surface area (Å²) in [6.45, 7) is 0. The molecule has 0 radical (unpaired) electrons. The van der Waals surface area contributed by atoms with Gasteiger partial charge in [-0.3, -0.25) is 0 Å². The zero-order valence-electron chi connectivity index (χ0n) is 14.2. The average molecular weight is 424 g/mol. The van der Waals surface area contributed by atoms with E-state index in [1.54, 1.807) is 12.1 Å². The Morgan fingerprint density at radius 3 is 2.59 bits per heavy atom. The molecule has 27 heavy (non-hydrogen) atoms. The van der Waals surface area contributed by atoms with Gasteiger partial charge >= 0.3 is 5.97 Å². The number of halogens is 1. The third kappa shape index (κ3) is 2.88. The van der Waals surface area contributed by atoms with Crippen LogP contribution in [0.2, 0.25) is 0 Å². The van der Waals surface area contributed by atoms with E-state index in [1.165, 1.54) is 13.2 Å². The Morgan fingerprint density at radius 2 is 1.85 bits per heavy atom. The summed E-state index contributed by atoms with van der Waals surface area (Å²) in [5.74, 6) is -0.807. The zero-order chi connectivity index (χ0) is 19.1. The van der Waals surface area contributed by atoms with E-state index < -0.39 is 5.97 Å². The van der Waals surface area contributed by atoms with Crippen molar-refractivity contribution in [3.8, 4) is 22.6 Å². The van der Waals surface area contributed by atoms with Crippen LogP contribution >= 0.6 is 15.9 Å². The van der Waals surface area contributed by atoms with E-state index in [2.05, 4.69) is 20.9 Å². The number of benzene rings is 3. The molecule has 0 aliphatic carbocycles. The number of carboxylic acids is 1. The number of phenolic OH excluding ortho intramolecular Hbond substituents is 1. The first kappa shape index (κ1) is 17.3. The van der Waals surface area contributed by atoms with Crippen LogP contribution in [-0.4, -0.2) is 28.3 Å². The molecule has 6 heteroatoms. The van der Waals surface area contributed by atoms with E-state index in [1.807, 2.05) is 36.4 Å². The zero-order valence-corrected chi connectivity index (χ0v) is 15.8. The molecule has 0 saturated heterocycles. The molecule has 0 atom stereocenters. The predicted octanol–water partition coefficient (Wildman–Crippen LogP) is 5.23. The number of aromatic hydroxyl groups is 1. The molecule has 4 rings (SSSR count). The number of ether oxygens (including phenoxy) is 1. The van der Waals surface area contributed by atoms with Crippen molar-refractivity contribution in [2.24, 2.45) is 0 Å². The maximum atomic E-state index is 11.6. The minimum atomic E-state index is -1.10. The number of carbonyl (C=O) groups is 1. The van der Waals surface area contributed by atoms with Crippen LogP contribution in [0.3, 0.4) is 0 Å². The second-order valence-corrected chi connectivity index (χ2v) is 6.90. The number of carboxylic acid groups (broad SMARTS) is 1. The summed E-state index contributed by atoms with van der Waals surface area (Å²) in [6, 6.07) is 16.4. The van der Waals surface area contributed by atoms with E-state index in [0.717, 1.165) is 16.2 Å². The Balaban J connectivity index is 2.18. The van der Waals surface area contributed by atoms with E-state index in [9.17, 15) is 15.0 Å². The molecule has 0 saturated carbocycles. The Hall–Kier alpha value is -3.12. The van der Waals surface area contributed by atoms with Crippen LogP contribution in [0, 0.1) is 0 Å². The Morgan fingerprint density at radius 1 is 1.07 bits per heavy atom. The molecule has 0 aliphatic heterocycles. The molecule has 4 aromatic rings. The second kappa shape index (κ2) is 6.55. The summed E-state index contributed by atoms with van der Waals surface area (Å²) in [7, 11) is 1.47. The fraction of sp³-hybridized carbons (Fsp3) is 0.0476. The van der Waals surface area contributed by atoms with E-state index in [-0.39, 0.29) is 11.4 Å². The number of aromatic nitrogens is 1. The third-order valence-corrected chi connectivity index (χ3v) is 5.13. The van der Waals surface area contributed by atoms with Crippen LogP contribution in [-0.2, 0) is 0 Å². The molecule has 1 aromatic heterocycles. The van der Waals surface area contributed by atoms with Gasteiger partial charge < -0.3 is 14.9 Å². The molecule has 1 heterocycles. The standard InChI is InChI=1S/C21H14BrNO4/c1-27-19-9-13(15(22)10-18(19)24)14-8-17(21(25)26)23-16-7-6-11-4-2-3-5-12(11)20(14)16/h2-10,24H,1H3,(H,25,26). The van der Waals surface area contributed by atoms with Crippen LogP contribution < -0.4 is 4.74 Å². The maximum absolute atomic E-state index is 11.6. The molecule has 134 valence electrons. The van der Waals surface area contributed by atoms with Gasteiger partial charge in [-0.25, -0.2) is 9.78 Å². The molecule has 0 aliphatic rings. The number of phenols is 1. The Labute approximate surface area is 163 Å². The third-order valence-electron chi connectivity index (χ3n) is 4.48. The SMILES string of the molecule is COc1cc(-c2cc(C(=O)O)nc3ccc4ccccc4c23)c(Br)cc1O. The van der Waals surface area contributed by atoms with Crippen LogP contribution in [0.15, 0.2) is 59.1 Å². The van der Waals surface area contributed by atoms with Crippen LogP contribution in [0.4, 0.5) is 0 Å². The molecule has 0 fully saturated rings. The first-order valence-electron chi connectivity index (χ1n) is 8.12. The number of rotatable bonds is 3. The highest BCUT2D eigenvalue weighted by atomic mass is 79.9. The highest BCUT2D eigenvalue weighted by Gasteiger charge is 2.18. The molecule has 0 unspecified atom stereocenters. The molecule has 0 spiro atoms. The summed E-state index contributed by atoms with van der Waals surface area (Å²) in [5, 5.41) is 22.4. The van der Waals surface area contributed by atoms with E-state index in [0.29, 0.717) is 26.9 Å². The molecule has 3 aromatic carbocycles. The number of nitrogens with zero attached hydrogens (tertiary/aromatic N) is 1. The van der Waals surface area contributed by atoms with Crippen molar-refractivity contribution >= 4 is 43.6 Å². The minimum absolute atomic E-state index is 0.00481. The highest BCUT2D eigenvalue weighted by molar-refractivity contribution is 9.10. The molecular formula is C21H14BrNO4. The molecular weight excluding hydrogens is 410 g/mol. The summed E-state index contributed by atoms with van der Waals surface area (Å²) >= 11 is 3.48. The van der Waals surface area contributed by atoms with Gasteiger partial charge in [-0.05, 0) is 40.6 Å². The van der Waals surface area contributed by atoms with E-state index in [4.69, 9.17) is 4.74 Å². The largest absolute Gasteiger partial charge is 0.504 e. The van der Waals surface area contributed by atoms with Gasteiger partial charge in [-0.15, -0.1) is 0 Å². The lowest BCUT2D eigenvalue weighted by Gasteiger charge is -2.14. The lowest BCUT2D eigenvalue weighted by Crippen LogP contribution is -2.02. The van der Waals surface area contributed by atoms with Crippen molar-refractivity contribution in [1.82, 2.24) is 4.98 Å². The molecule has 0 bridgehead atoms. The normalized spacial score (nSPS) is 11.0. The quantitative estimate of drug-likeness (QED) is 0.441. The first-order valence-corrected chi connectivity index (χ1v) is 8.91. The average Bonchev–Trinajstić information content (AvgIpc) is 2.67. The van der Waals surface area contributed by atoms with Crippen molar-refractivity contribution in [2.45, 2.75) is 0 Å². The summed E-state index contributed by atoms with van der Waals surface area (Å²) in [5.41, 5.74) is 1.93. The Kier molecular flexibility index (Phi) is 4.20. The van der Waals surface area contributed by atoms with Crippen molar-refractivity contribution < 1.29 is 19.7 Å². The van der Waals surface area contributed by atoms with Crippen LogP contribution in [0.5, 0.6) is 11.5 Å². The number of hydrogen-bond donors (Lipinski definition) is 2. The second-order valence-electron chi connectivity index (χ2n) is 6.04. The topological polar surface area (TPSA) is 79.7 Å². The van der Waals surface area contributed by atoms with Gasteiger partial charge in [0.2, 0.25) is 0 Å². The number of aromatic carboxylic acids is 1. The lowest BCUT2D eigenvalue weighted by atomic mass is 9.95. The van der Waals surface area contributed by atoms with Gasteiger partial charge in [-0.2, -0.15) is 0 Å². The summed E-state index contributed by atoms with van der Waals surface area (Å²) < 4.78 is 5.86. The van der Waals surface area contributed by atoms with Gasteiger partial charge in [0.25, 0.3) is 0 Å². The van der Waals surface area contributed by atoms with Gasteiger partial charge in [0.05, 0.1) is 12.6 Å². The van der Waals surface area contributed by atoms with Crippen molar-refractivity contribution in [2.75, 3.05) is 7.11 Å². The number of hydrogen-bond acceptors (Lipinski definition) is 4. The van der Waals surface area contributed by atoms with Crippen molar-refractivity contribution in [1.29, 1.82) is 0 Å².